The minimum atomic E-state index is -0.454. The zero-order valence-corrected chi connectivity index (χ0v) is 15.4. The predicted octanol–water partition coefficient (Wildman–Crippen LogP) is 3.68. The Balaban J connectivity index is 1.34. The van der Waals surface area contributed by atoms with Gasteiger partial charge in [-0.15, -0.1) is 11.3 Å². The Labute approximate surface area is 155 Å². The Morgan fingerprint density at radius 3 is 2.69 bits per heavy atom. The van der Waals surface area contributed by atoms with E-state index in [0.29, 0.717) is 6.54 Å². The quantitative estimate of drug-likeness (QED) is 0.720. The second kappa shape index (κ2) is 6.68. The molecule has 2 aromatic heterocycles. The Kier molecular flexibility index (Phi) is 4.36. The van der Waals surface area contributed by atoms with Crippen LogP contribution in [0.5, 0.6) is 0 Å². The van der Waals surface area contributed by atoms with Gasteiger partial charge in [-0.1, -0.05) is 12.1 Å². The molecule has 0 spiro atoms. The van der Waals surface area contributed by atoms with Crippen LogP contribution < -0.4 is 5.32 Å². The van der Waals surface area contributed by atoms with Crippen LogP contribution in [0.25, 0.3) is 10.4 Å². The highest BCUT2D eigenvalue weighted by Crippen LogP contribution is 2.48. The van der Waals surface area contributed by atoms with Crippen molar-refractivity contribution in [3.8, 4) is 10.4 Å². The van der Waals surface area contributed by atoms with E-state index in [1.165, 1.54) is 21.9 Å². The van der Waals surface area contributed by atoms with E-state index in [2.05, 4.69) is 22.5 Å². The molecule has 0 saturated heterocycles. The van der Waals surface area contributed by atoms with Crippen molar-refractivity contribution in [2.45, 2.75) is 24.7 Å². The van der Waals surface area contributed by atoms with Crippen LogP contribution in [0.4, 0.5) is 4.39 Å². The second-order valence-electron chi connectivity index (χ2n) is 6.76. The van der Waals surface area contributed by atoms with Gasteiger partial charge in [0.25, 0.3) is 0 Å². The summed E-state index contributed by atoms with van der Waals surface area (Å²) in [5.74, 6) is -0.222. The maximum atomic E-state index is 13.1. The monoisotopic (exact) mass is 369 g/mol. The van der Waals surface area contributed by atoms with Gasteiger partial charge in [0.2, 0.25) is 5.91 Å². The van der Waals surface area contributed by atoms with E-state index < -0.39 is 5.41 Å². The van der Waals surface area contributed by atoms with Crippen molar-refractivity contribution in [3.63, 3.8) is 0 Å². The molecule has 4 nitrogen and oxygen atoms in total. The van der Waals surface area contributed by atoms with Gasteiger partial charge in [0.15, 0.2) is 0 Å². The fourth-order valence-electron chi connectivity index (χ4n) is 3.23. The number of nitrogens with zero attached hydrogens (tertiary/aromatic N) is 2. The van der Waals surface area contributed by atoms with Gasteiger partial charge in [-0.2, -0.15) is 5.10 Å². The summed E-state index contributed by atoms with van der Waals surface area (Å²) >= 11 is 1.73. The molecule has 1 aromatic carbocycles. The summed E-state index contributed by atoms with van der Waals surface area (Å²) in [4.78, 5) is 15.0. The first-order valence-corrected chi connectivity index (χ1v) is 9.51. The first-order valence-electron chi connectivity index (χ1n) is 8.69. The molecule has 0 unspecified atom stereocenters. The van der Waals surface area contributed by atoms with E-state index in [0.717, 1.165) is 30.4 Å². The standard InChI is InChI=1S/C20H20FN3OS/c1-24-13-14(12-23-24)18-7-6-17(26-18)8-11-22-19(25)20(9-10-20)15-2-4-16(21)5-3-15/h2-7,12-13H,8-11H2,1H3,(H,22,25). The number of rotatable bonds is 6. The number of thiophene rings is 1. The van der Waals surface area contributed by atoms with E-state index in [1.807, 2.05) is 19.4 Å². The van der Waals surface area contributed by atoms with E-state index in [1.54, 1.807) is 28.2 Å². The Morgan fingerprint density at radius 1 is 1.27 bits per heavy atom. The van der Waals surface area contributed by atoms with Crippen molar-refractivity contribution in [2.75, 3.05) is 6.54 Å². The van der Waals surface area contributed by atoms with Crippen molar-refractivity contribution in [2.24, 2.45) is 7.05 Å². The second-order valence-corrected chi connectivity index (χ2v) is 7.93. The number of benzene rings is 1. The molecule has 0 atom stereocenters. The number of aromatic nitrogens is 2. The van der Waals surface area contributed by atoms with Crippen LogP contribution in [0.1, 0.15) is 23.3 Å². The number of hydrogen-bond acceptors (Lipinski definition) is 3. The van der Waals surface area contributed by atoms with Crippen molar-refractivity contribution in [1.82, 2.24) is 15.1 Å². The number of aryl methyl sites for hydroxylation is 1. The van der Waals surface area contributed by atoms with E-state index in [9.17, 15) is 9.18 Å². The normalized spacial score (nSPS) is 15.0. The maximum Gasteiger partial charge on any atom is 0.230 e. The van der Waals surface area contributed by atoms with Gasteiger partial charge >= 0.3 is 0 Å². The number of amides is 1. The first-order chi connectivity index (χ1) is 12.6. The molecule has 1 saturated carbocycles. The minimum absolute atomic E-state index is 0.0492. The van der Waals surface area contributed by atoms with E-state index in [4.69, 9.17) is 0 Å². The number of hydrogen-bond donors (Lipinski definition) is 1. The fraction of sp³-hybridized carbons (Fsp3) is 0.300. The molecule has 4 rings (SSSR count). The highest BCUT2D eigenvalue weighted by atomic mass is 32.1. The summed E-state index contributed by atoms with van der Waals surface area (Å²) in [6.45, 7) is 0.606. The Morgan fingerprint density at radius 2 is 2.04 bits per heavy atom. The predicted molar refractivity (Wildman–Crippen MR) is 101 cm³/mol. The molecular weight excluding hydrogens is 349 g/mol. The van der Waals surface area contributed by atoms with Crippen LogP contribution in [-0.2, 0) is 23.7 Å². The lowest BCUT2D eigenvalue weighted by molar-refractivity contribution is -0.123. The lowest BCUT2D eigenvalue weighted by Gasteiger charge is -2.15. The molecule has 26 heavy (non-hydrogen) atoms. The number of halogens is 1. The molecular formula is C20H20FN3OS. The third kappa shape index (κ3) is 3.29. The van der Waals surface area contributed by atoms with E-state index in [-0.39, 0.29) is 11.7 Å². The molecule has 0 aliphatic heterocycles. The van der Waals surface area contributed by atoms with Crippen LogP contribution >= 0.6 is 11.3 Å². The fourth-order valence-corrected chi connectivity index (χ4v) is 4.21. The van der Waals surface area contributed by atoms with Gasteiger partial charge in [-0.05, 0) is 49.1 Å². The first kappa shape index (κ1) is 17.0. The zero-order chi connectivity index (χ0) is 18.1. The average Bonchev–Trinajstić information content (AvgIpc) is 3.11. The molecule has 2 heterocycles. The van der Waals surface area contributed by atoms with Crippen LogP contribution in [0.2, 0.25) is 0 Å². The van der Waals surface area contributed by atoms with Gasteiger partial charge in [0, 0.05) is 35.1 Å². The molecule has 1 amide bonds. The lowest BCUT2D eigenvalue weighted by Crippen LogP contribution is -2.35. The summed E-state index contributed by atoms with van der Waals surface area (Å²) in [7, 11) is 1.91. The molecule has 3 aromatic rings. The van der Waals surface area contributed by atoms with Crippen LogP contribution in [0.15, 0.2) is 48.8 Å². The molecule has 1 fully saturated rings. The summed E-state index contributed by atoms with van der Waals surface area (Å²) in [6.07, 6.45) is 6.31. The topological polar surface area (TPSA) is 46.9 Å². The van der Waals surface area contributed by atoms with Gasteiger partial charge < -0.3 is 5.32 Å². The number of nitrogens with one attached hydrogen (secondary N) is 1. The third-order valence-electron chi connectivity index (χ3n) is 4.89. The molecule has 6 heteroatoms. The van der Waals surface area contributed by atoms with Crippen LogP contribution in [0.3, 0.4) is 0 Å². The van der Waals surface area contributed by atoms with Crippen molar-refractivity contribution in [1.29, 1.82) is 0 Å². The van der Waals surface area contributed by atoms with Crippen molar-refractivity contribution >= 4 is 17.2 Å². The van der Waals surface area contributed by atoms with Crippen molar-refractivity contribution in [3.05, 3.63) is 65.0 Å². The molecule has 134 valence electrons. The summed E-state index contributed by atoms with van der Waals surface area (Å²) in [6, 6.07) is 10.5. The SMILES string of the molecule is Cn1cc(-c2ccc(CCNC(=O)C3(c4ccc(F)cc4)CC3)s2)cn1. The molecule has 1 aliphatic carbocycles. The molecule has 0 bridgehead atoms. The Hall–Kier alpha value is -2.47. The van der Waals surface area contributed by atoms with Gasteiger partial charge in [0.05, 0.1) is 11.6 Å². The minimum Gasteiger partial charge on any atom is -0.355 e. The largest absolute Gasteiger partial charge is 0.355 e. The highest BCUT2D eigenvalue weighted by molar-refractivity contribution is 7.15. The maximum absolute atomic E-state index is 13.1. The average molecular weight is 369 g/mol. The van der Waals surface area contributed by atoms with Gasteiger partial charge in [-0.25, -0.2) is 4.39 Å². The van der Waals surface area contributed by atoms with Crippen molar-refractivity contribution < 1.29 is 9.18 Å². The van der Waals surface area contributed by atoms with Gasteiger partial charge in [0.1, 0.15) is 5.82 Å². The zero-order valence-electron chi connectivity index (χ0n) is 14.5. The van der Waals surface area contributed by atoms with Crippen LogP contribution in [0, 0.1) is 5.82 Å². The van der Waals surface area contributed by atoms with Gasteiger partial charge in [-0.3, -0.25) is 9.48 Å². The highest BCUT2D eigenvalue weighted by Gasteiger charge is 2.50. The number of carbonyl (C=O) groups is 1. The third-order valence-corrected chi connectivity index (χ3v) is 6.08. The lowest BCUT2D eigenvalue weighted by atomic mass is 9.95. The smallest absolute Gasteiger partial charge is 0.230 e. The number of carbonyl (C=O) groups excluding carboxylic acids is 1. The molecule has 1 aliphatic rings. The molecule has 1 N–H and O–H groups in total. The summed E-state index contributed by atoms with van der Waals surface area (Å²) in [5.41, 5.74) is 1.57. The van der Waals surface area contributed by atoms with E-state index >= 15 is 0 Å². The van der Waals surface area contributed by atoms with Crippen LogP contribution in [-0.4, -0.2) is 22.2 Å². The molecule has 0 radical (unpaired) electrons. The summed E-state index contributed by atoms with van der Waals surface area (Å²) in [5, 5.41) is 7.26. The summed E-state index contributed by atoms with van der Waals surface area (Å²) < 4.78 is 14.9. The Bertz CT molecular complexity index is 925.